The Morgan fingerprint density at radius 1 is 1.29 bits per heavy atom. The van der Waals surface area contributed by atoms with Crippen LogP contribution in [0.25, 0.3) is 16.9 Å². The average Bonchev–Trinajstić information content (AvgIpc) is 2.86. The number of benzene rings is 1. The van der Waals surface area contributed by atoms with Gasteiger partial charge in [0.2, 0.25) is 0 Å². The van der Waals surface area contributed by atoms with Gasteiger partial charge in [-0.3, -0.25) is 4.57 Å². The quantitative estimate of drug-likeness (QED) is 0.686. The zero-order chi connectivity index (χ0) is 15.0. The van der Waals surface area contributed by atoms with Crippen LogP contribution in [-0.2, 0) is 0 Å². The number of rotatable bonds is 3. The summed E-state index contributed by atoms with van der Waals surface area (Å²) in [7, 11) is 1.67. The third-order valence-electron chi connectivity index (χ3n) is 3.43. The van der Waals surface area contributed by atoms with Gasteiger partial charge in [0.05, 0.1) is 12.5 Å². The highest BCUT2D eigenvalue weighted by Gasteiger charge is 2.17. The molecule has 21 heavy (non-hydrogen) atoms. The molecule has 1 atom stereocenters. The highest BCUT2D eigenvalue weighted by molar-refractivity contribution is 6.20. The lowest BCUT2D eigenvalue weighted by Crippen LogP contribution is -2.03. The van der Waals surface area contributed by atoms with Crippen molar-refractivity contribution in [1.29, 1.82) is 0 Å². The summed E-state index contributed by atoms with van der Waals surface area (Å²) >= 11 is 6.29. The fourth-order valence-corrected chi connectivity index (χ4v) is 2.60. The van der Waals surface area contributed by atoms with Gasteiger partial charge in [-0.2, -0.15) is 0 Å². The van der Waals surface area contributed by atoms with Gasteiger partial charge in [-0.05, 0) is 49.7 Å². The number of hydrogen-bond donors (Lipinski definition) is 0. The van der Waals surface area contributed by atoms with Crippen molar-refractivity contribution in [1.82, 2.24) is 14.5 Å². The van der Waals surface area contributed by atoms with E-state index in [0.29, 0.717) is 0 Å². The van der Waals surface area contributed by atoms with E-state index in [0.717, 1.165) is 34.0 Å². The van der Waals surface area contributed by atoms with Crippen LogP contribution in [0.1, 0.15) is 23.7 Å². The molecule has 0 aliphatic carbocycles. The van der Waals surface area contributed by atoms with Gasteiger partial charge in [0.15, 0.2) is 5.65 Å². The van der Waals surface area contributed by atoms with Crippen molar-refractivity contribution in [2.24, 2.45) is 0 Å². The van der Waals surface area contributed by atoms with Gasteiger partial charge in [0.25, 0.3) is 0 Å². The van der Waals surface area contributed by atoms with Gasteiger partial charge in [-0.15, -0.1) is 11.6 Å². The Kier molecular flexibility index (Phi) is 3.55. The maximum atomic E-state index is 6.29. The third-order valence-corrected chi connectivity index (χ3v) is 3.63. The molecule has 108 valence electrons. The topological polar surface area (TPSA) is 39.9 Å². The smallest absolute Gasteiger partial charge is 0.164 e. The van der Waals surface area contributed by atoms with Crippen molar-refractivity contribution in [2.45, 2.75) is 19.2 Å². The monoisotopic (exact) mass is 301 g/mol. The van der Waals surface area contributed by atoms with Crippen LogP contribution >= 0.6 is 11.6 Å². The fraction of sp³-hybridized carbons (Fsp3) is 0.250. The minimum Gasteiger partial charge on any atom is -0.496 e. The predicted octanol–water partition coefficient (Wildman–Crippen LogP) is 4.04. The van der Waals surface area contributed by atoms with Crippen LogP contribution in [0.5, 0.6) is 5.75 Å². The van der Waals surface area contributed by atoms with Gasteiger partial charge in [-0.1, -0.05) is 0 Å². The zero-order valence-electron chi connectivity index (χ0n) is 12.2. The maximum Gasteiger partial charge on any atom is 0.164 e. The van der Waals surface area contributed by atoms with E-state index in [2.05, 4.69) is 16.0 Å². The molecule has 0 aliphatic rings. The van der Waals surface area contributed by atoms with E-state index < -0.39 is 0 Å². The normalized spacial score (nSPS) is 12.6. The fourth-order valence-electron chi connectivity index (χ4n) is 2.45. The average molecular weight is 302 g/mol. The first-order valence-corrected chi connectivity index (χ1v) is 7.18. The van der Waals surface area contributed by atoms with E-state index >= 15 is 0 Å². The van der Waals surface area contributed by atoms with E-state index in [1.54, 1.807) is 13.3 Å². The lowest BCUT2D eigenvalue weighted by molar-refractivity contribution is 0.411. The van der Waals surface area contributed by atoms with Crippen LogP contribution in [0, 0.1) is 6.92 Å². The summed E-state index contributed by atoms with van der Waals surface area (Å²) in [5, 5.41) is -0.207. The number of aromatic nitrogens is 3. The Morgan fingerprint density at radius 2 is 2.10 bits per heavy atom. The molecule has 1 unspecified atom stereocenters. The first kappa shape index (κ1) is 13.9. The number of ether oxygens (including phenoxy) is 1. The molecule has 0 spiro atoms. The standard InChI is InChI=1S/C16H16ClN3O/c1-10-9-12(6-7-14(10)21-3)20-15(11(2)17)19-13-5-4-8-18-16(13)20/h4-9,11H,1-3H3. The minimum atomic E-state index is -0.207. The van der Waals surface area contributed by atoms with Crippen LogP contribution in [-0.4, -0.2) is 21.6 Å². The van der Waals surface area contributed by atoms with Crippen LogP contribution in [0.3, 0.4) is 0 Å². The molecule has 5 heteroatoms. The first-order chi connectivity index (χ1) is 10.1. The molecule has 0 N–H and O–H groups in total. The van der Waals surface area contributed by atoms with Crippen molar-refractivity contribution in [3.8, 4) is 11.4 Å². The molecule has 0 bridgehead atoms. The molecule has 0 aliphatic heterocycles. The summed E-state index contributed by atoms with van der Waals surface area (Å²) in [5.41, 5.74) is 3.69. The summed E-state index contributed by atoms with van der Waals surface area (Å²) in [6.45, 7) is 3.92. The number of hydrogen-bond acceptors (Lipinski definition) is 3. The molecule has 1 aromatic carbocycles. The molecular formula is C16H16ClN3O. The summed E-state index contributed by atoms with van der Waals surface area (Å²) in [6.07, 6.45) is 1.76. The summed E-state index contributed by atoms with van der Waals surface area (Å²) in [5.74, 6) is 1.64. The molecule has 3 aromatic rings. The Balaban J connectivity index is 2.27. The number of halogens is 1. The van der Waals surface area contributed by atoms with E-state index in [1.807, 2.05) is 42.7 Å². The second-order valence-electron chi connectivity index (χ2n) is 4.92. The Hall–Kier alpha value is -2.07. The van der Waals surface area contributed by atoms with Gasteiger partial charge >= 0.3 is 0 Å². The second-order valence-corrected chi connectivity index (χ2v) is 5.58. The third kappa shape index (κ3) is 2.36. The zero-order valence-corrected chi connectivity index (χ0v) is 12.9. The van der Waals surface area contributed by atoms with E-state index in [-0.39, 0.29) is 5.38 Å². The number of methoxy groups -OCH3 is 1. The summed E-state index contributed by atoms with van der Waals surface area (Å²) in [6, 6.07) is 9.81. The molecule has 0 fully saturated rings. The van der Waals surface area contributed by atoms with Crippen LogP contribution in [0.4, 0.5) is 0 Å². The van der Waals surface area contributed by atoms with E-state index in [1.165, 1.54) is 0 Å². The first-order valence-electron chi connectivity index (χ1n) is 6.74. The van der Waals surface area contributed by atoms with Gasteiger partial charge in [0, 0.05) is 11.9 Å². The number of imidazole rings is 1. The molecule has 2 heterocycles. The number of alkyl halides is 1. The van der Waals surface area contributed by atoms with Crippen LogP contribution < -0.4 is 4.74 Å². The molecule has 0 amide bonds. The molecule has 4 nitrogen and oxygen atoms in total. The van der Waals surface area contributed by atoms with Gasteiger partial charge < -0.3 is 4.74 Å². The van der Waals surface area contributed by atoms with Crippen molar-refractivity contribution in [2.75, 3.05) is 7.11 Å². The SMILES string of the molecule is COc1ccc(-n2c(C(C)Cl)nc3cccnc32)cc1C. The minimum absolute atomic E-state index is 0.207. The van der Waals surface area contributed by atoms with Crippen molar-refractivity contribution in [3.63, 3.8) is 0 Å². The highest BCUT2D eigenvalue weighted by atomic mass is 35.5. The van der Waals surface area contributed by atoms with E-state index in [9.17, 15) is 0 Å². The molecule has 3 rings (SSSR count). The molecular weight excluding hydrogens is 286 g/mol. The van der Waals surface area contributed by atoms with Crippen molar-refractivity contribution < 1.29 is 4.74 Å². The van der Waals surface area contributed by atoms with Crippen molar-refractivity contribution >= 4 is 22.8 Å². The largest absolute Gasteiger partial charge is 0.496 e. The number of nitrogens with zero attached hydrogens (tertiary/aromatic N) is 3. The van der Waals surface area contributed by atoms with Gasteiger partial charge in [-0.25, -0.2) is 9.97 Å². The highest BCUT2D eigenvalue weighted by Crippen LogP contribution is 2.29. The van der Waals surface area contributed by atoms with Crippen LogP contribution in [0.2, 0.25) is 0 Å². The second kappa shape index (κ2) is 5.37. The Labute approximate surface area is 128 Å². The van der Waals surface area contributed by atoms with E-state index in [4.69, 9.17) is 16.3 Å². The molecule has 0 saturated heterocycles. The lowest BCUT2D eigenvalue weighted by atomic mass is 10.2. The van der Waals surface area contributed by atoms with Crippen LogP contribution in [0.15, 0.2) is 36.5 Å². The summed E-state index contributed by atoms with van der Waals surface area (Å²) < 4.78 is 7.32. The summed E-state index contributed by atoms with van der Waals surface area (Å²) in [4.78, 5) is 9.04. The Bertz CT molecular complexity index is 795. The number of pyridine rings is 1. The molecule has 0 radical (unpaired) electrons. The molecule has 2 aromatic heterocycles. The molecule has 0 saturated carbocycles. The lowest BCUT2D eigenvalue weighted by Gasteiger charge is -2.12. The van der Waals surface area contributed by atoms with Gasteiger partial charge in [0.1, 0.15) is 17.1 Å². The Morgan fingerprint density at radius 3 is 2.76 bits per heavy atom. The van der Waals surface area contributed by atoms with Crippen molar-refractivity contribution in [3.05, 3.63) is 47.9 Å². The number of aryl methyl sites for hydroxylation is 1. The number of fused-ring (bicyclic) bond motifs is 1. The predicted molar refractivity (Wildman–Crippen MR) is 84.4 cm³/mol. The maximum absolute atomic E-state index is 6.29.